The van der Waals surface area contributed by atoms with Crippen LogP contribution in [-0.4, -0.2) is 42.0 Å². The Morgan fingerprint density at radius 3 is 2.76 bits per heavy atom. The van der Waals surface area contributed by atoms with Crippen molar-refractivity contribution in [2.45, 2.75) is 26.7 Å². The lowest BCUT2D eigenvalue weighted by Gasteiger charge is -2.17. The molecule has 2 aromatic rings. The Kier molecular flexibility index (Phi) is 5.81. The van der Waals surface area contributed by atoms with Crippen LogP contribution in [0.4, 0.5) is 0 Å². The number of nitrogens with zero attached hydrogens (tertiary/aromatic N) is 1. The van der Waals surface area contributed by atoms with Crippen LogP contribution >= 0.6 is 0 Å². The van der Waals surface area contributed by atoms with Gasteiger partial charge < -0.3 is 15.2 Å². The number of carbonyl (C=O) groups excluding carboxylic acids is 1. The van der Waals surface area contributed by atoms with E-state index >= 15 is 0 Å². The lowest BCUT2D eigenvalue weighted by molar-refractivity contribution is -0.121. The quantitative estimate of drug-likeness (QED) is 0.784. The number of hydrogen-bond donors (Lipinski definition) is 2. The van der Waals surface area contributed by atoms with Gasteiger partial charge >= 0.3 is 0 Å². The largest absolute Gasteiger partial charge is 0.361 e. The molecular weight excluding hydrogens is 262 g/mol. The van der Waals surface area contributed by atoms with Gasteiger partial charge in [0, 0.05) is 36.6 Å². The molecule has 0 unspecified atom stereocenters. The summed E-state index contributed by atoms with van der Waals surface area (Å²) in [7, 11) is 0. The Hall–Kier alpha value is -1.81. The van der Waals surface area contributed by atoms with E-state index in [0.717, 1.165) is 31.6 Å². The third-order valence-electron chi connectivity index (χ3n) is 3.94. The Balaban J connectivity index is 1.75. The number of para-hydroxylation sites is 1. The number of rotatable bonds is 8. The van der Waals surface area contributed by atoms with Crippen molar-refractivity contribution in [3.8, 4) is 0 Å². The van der Waals surface area contributed by atoms with Crippen molar-refractivity contribution in [1.82, 2.24) is 15.2 Å². The van der Waals surface area contributed by atoms with Crippen LogP contribution in [0.2, 0.25) is 0 Å². The molecule has 2 rings (SSSR count). The summed E-state index contributed by atoms with van der Waals surface area (Å²) >= 11 is 0. The Morgan fingerprint density at radius 2 is 2.00 bits per heavy atom. The van der Waals surface area contributed by atoms with Gasteiger partial charge in [-0.25, -0.2) is 0 Å². The van der Waals surface area contributed by atoms with Gasteiger partial charge in [-0.15, -0.1) is 0 Å². The fourth-order valence-electron chi connectivity index (χ4n) is 2.56. The molecule has 21 heavy (non-hydrogen) atoms. The lowest BCUT2D eigenvalue weighted by Crippen LogP contribution is -2.31. The molecule has 1 aromatic carbocycles. The third-order valence-corrected chi connectivity index (χ3v) is 3.94. The molecular formula is C17H25N3O. The van der Waals surface area contributed by atoms with E-state index < -0.39 is 0 Å². The highest BCUT2D eigenvalue weighted by Crippen LogP contribution is 2.17. The summed E-state index contributed by atoms with van der Waals surface area (Å²) in [5, 5.41) is 4.25. The van der Waals surface area contributed by atoms with Crippen LogP contribution in [0.3, 0.4) is 0 Å². The molecule has 0 aliphatic carbocycles. The van der Waals surface area contributed by atoms with Crippen molar-refractivity contribution in [2.24, 2.45) is 0 Å². The van der Waals surface area contributed by atoms with Gasteiger partial charge in [-0.2, -0.15) is 0 Å². The molecule has 4 heteroatoms. The maximum Gasteiger partial charge on any atom is 0.221 e. The first-order valence-corrected chi connectivity index (χ1v) is 7.78. The maximum atomic E-state index is 11.8. The smallest absolute Gasteiger partial charge is 0.221 e. The summed E-state index contributed by atoms with van der Waals surface area (Å²) in [5.41, 5.74) is 2.41. The number of carbonyl (C=O) groups is 1. The number of nitrogens with one attached hydrogen (secondary N) is 2. The topological polar surface area (TPSA) is 48.1 Å². The first-order chi connectivity index (χ1) is 10.2. The predicted molar refractivity (Wildman–Crippen MR) is 87.4 cm³/mol. The van der Waals surface area contributed by atoms with Crippen LogP contribution in [0.25, 0.3) is 10.9 Å². The molecule has 1 amide bonds. The van der Waals surface area contributed by atoms with Gasteiger partial charge in [0.15, 0.2) is 0 Å². The highest BCUT2D eigenvalue weighted by molar-refractivity contribution is 5.83. The number of aromatic amines is 1. The molecule has 1 heterocycles. The molecule has 0 atom stereocenters. The Labute approximate surface area is 126 Å². The normalized spacial score (nSPS) is 11.2. The van der Waals surface area contributed by atoms with Gasteiger partial charge in [-0.3, -0.25) is 4.79 Å². The molecule has 4 nitrogen and oxygen atoms in total. The second-order valence-electron chi connectivity index (χ2n) is 5.24. The van der Waals surface area contributed by atoms with Crippen molar-refractivity contribution >= 4 is 16.8 Å². The molecule has 0 aliphatic heterocycles. The predicted octanol–water partition coefficient (Wildman–Crippen LogP) is 2.56. The van der Waals surface area contributed by atoms with Crippen LogP contribution in [-0.2, 0) is 11.2 Å². The Bertz CT molecular complexity index is 572. The zero-order valence-electron chi connectivity index (χ0n) is 13.0. The number of H-pyrrole nitrogens is 1. The summed E-state index contributed by atoms with van der Waals surface area (Å²) in [6.45, 7) is 7.78. The van der Waals surface area contributed by atoms with Crippen molar-refractivity contribution < 1.29 is 4.79 Å². The molecule has 0 bridgehead atoms. The standard InChI is InChI=1S/C17H25N3O/c1-3-20(4-2)12-10-17(21)18-11-9-14-13-19-16-8-6-5-7-15(14)16/h5-8,13,19H,3-4,9-12H2,1-2H3,(H,18,21). The van der Waals surface area contributed by atoms with Gasteiger partial charge in [-0.1, -0.05) is 32.0 Å². The number of benzene rings is 1. The number of amides is 1. The molecule has 0 aliphatic rings. The second-order valence-corrected chi connectivity index (χ2v) is 5.24. The van der Waals surface area contributed by atoms with Gasteiger partial charge in [0.05, 0.1) is 0 Å². The monoisotopic (exact) mass is 287 g/mol. The Morgan fingerprint density at radius 1 is 1.24 bits per heavy atom. The average molecular weight is 287 g/mol. The molecule has 1 aromatic heterocycles. The van der Waals surface area contributed by atoms with Gasteiger partial charge in [0.1, 0.15) is 0 Å². The molecule has 114 valence electrons. The summed E-state index contributed by atoms with van der Waals surface area (Å²) < 4.78 is 0. The molecule has 0 saturated carbocycles. The van der Waals surface area contributed by atoms with E-state index in [0.29, 0.717) is 13.0 Å². The zero-order chi connectivity index (χ0) is 15.1. The SMILES string of the molecule is CCN(CC)CCC(=O)NCCc1c[nH]c2ccccc12. The summed E-state index contributed by atoms with van der Waals surface area (Å²) in [6, 6.07) is 8.25. The average Bonchev–Trinajstić information content (AvgIpc) is 2.92. The lowest BCUT2D eigenvalue weighted by atomic mass is 10.1. The van der Waals surface area contributed by atoms with E-state index in [4.69, 9.17) is 0 Å². The van der Waals surface area contributed by atoms with Crippen molar-refractivity contribution in [2.75, 3.05) is 26.2 Å². The molecule has 0 fully saturated rings. The van der Waals surface area contributed by atoms with Crippen molar-refractivity contribution in [1.29, 1.82) is 0 Å². The van der Waals surface area contributed by atoms with Crippen LogP contribution in [0.1, 0.15) is 25.8 Å². The van der Waals surface area contributed by atoms with E-state index in [1.54, 1.807) is 0 Å². The summed E-state index contributed by atoms with van der Waals surface area (Å²) in [4.78, 5) is 17.4. The molecule has 2 N–H and O–H groups in total. The minimum absolute atomic E-state index is 0.141. The zero-order valence-corrected chi connectivity index (χ0v) is 13.0. The van der Waals surface area contributed by atoms with Crippen LogP contribution in [0.5, 0.6) is 0 Å². The third kappa shape index (κ3) is 4.33. The first-order valence-electron chi connectivity index (χ1n) is 7.78. The van der Waals surface area contributed by atoms with Crippen LogP contribution in [0.15, 0.2) is 30.5 Å². The highest BCUT2D eigenvalue weighted by Gasteiger charge is 2.06. The number of aromatic nitrogens is 1. The number of hydrogen-bond acceptors (Lipinski definition) is 2. The van der Waals surface area contributed by atoms with Crippen molar-refractivity contribution in [3.63, 3.8) is 0 Å². The van der Waals surface area contributed by atoms with Gasteiger partial charge in [0.2, 0.25) is 5.91 Å². The number of fused-ring (bicyclic) bond motifs is 1. The molecule has 0 radical (unpaired) electrons. The molecule has 0 spiro atoms. The van der Waals surface area contributed by atoms with E-state index in [2.05, 4.69) is 41.2 Å². The fraction of sp³-hybridized carbons (Fsp3) is 0.471. The van der Waals surface area contributed by atoms with E-state index in [9.17, 15) is 4.79 Å². The van der Waals surface area contributed by atoms with E-state index in [-0.39, 0.29) is 5.91 Å². The fourth-order valence-corrected chi connectivity index (χ4v) is 2.56. The molecule has 0 saturated heterocycles. The minimum Gasteiger partial charge on any atom is -0.361 e. The summed E-state index contributed by atoms with van der Waals surface area (Å²) in [5.74, 6) is 0.141. The van der Waals surface area contributed by atoms with E-state index in [1.807, 2.05) is 18.3 Å². The second kappa shape index (κ2) is 7.84. The van der Waals surface area contributed by atoms with Crippen LogP contribution in [0, 0.1) is 0 Å². The maximum absolute atomic E-state index is 11.8. The minimum atomic E-state index is 0.141. The van der Waals surface area contributed by atoms with Crippen molar-refractivity contribution in [3.05, 3.63) is 36.0 Å². The summed E-state index contributed by atoms with van der Waals surface area (Å²) in [6.07, 6.45) is 3.48. The van der Waals surface area contributed by atoms with Gasteiger partial charge in [0.25, 0.3) is 0 Å². The highest BCUT2D eigenvalue weighted by atomic mass is 16.1. The van der Waals surface area contributed by atoms with Crippen LogP contribution < -0.4 is 5.32 Å². The van der Waals surface area contributed by atoms with Gasteiger partial charge in [-0.05, 0) is 31.1 Å². The van der Waals surface area contributed by atoms with E-state index in [1.165, 1.54) is 10.9 Å². The first kappa shape index (κ1) is 15.6.